The number of hydrogen-bond donors (Lipinski definition) is 1. The van der Waals surface area contributed by atoms with Gasteiger partial charge in [0.05, 0.1) is 5.02 Å². The van der Waals surface area contributed by atoms with Crippen molar-refractivity contribution in [3.05, 3.63) is 58.9 Å². The molecule has 0 atom stereocenters. The van der Waals surface area contributed by atoms with Gasteiger partial charge in [0, 0.05) is 24.5 Å². The van der Waals surface area contributed by atoms with Gasteiger partial charge in [-0.25, -0.2) is 0 Å². The Morgan fingerprint density at radius 2 is 2.00 bits per heavy atom. The monoisotopic (exact) mass is 248 g/mol. The molecule has 0 radical (unpaired) electrons. The van der Waals surface area contributed by atoms with Gasteiger partial charge in [0.1, 0.15) is 12.4 Å². The standard InChI is InChI=1S/C13H13ClN2O/c14-12-3-1-2-4-13(12)17-9-11-8-16-6-5-10(11)7-15/h1-6,8H,7,9,15H2. The zero-order chi connectivity index (χ0) is 12.1. The number of benzene rings is 1. The van der Waals surface area contributed by atoms with Crippen molar-refractivity contribution in [2.45, 2.75) is 13.2 Å². The maximum Gasteiger partial charge on any atom is 0.138 e. The normalized spacial score (nSPS) is 10.2. The fourth-order valence-corrected chi connectivity index (χ4v) is 1.69. The number of ether oxygens (including phenoxy) is 1. The molecule has 0 saturated carbocycles. The van der Waals surface area contributed by atoms with Crippen LogP contribution in [0.1, 0.15) is 11.1 Å². The van der Waals surface area contributed by atoms with Crippen molar-refractivity contribution >= 4 is 11.6 Å². The number of hydrogen-bond acceptors (Lipinski definition) is 3. The molecular formula is C13H13ClN2O. The predicted molar refractivity (Wildman–Crippen MR) is 67.9 cm³/mol. The summed E-state index contributed by atoms with van der Waals surface area (Å²) in [4.78, 5) is 4.06. The summed E-state index contributed by atoms with van der Waals surface area (Å²) in [6.07, 6.45) is 3.49. The summed E-state index contributed by atoms with van der Waals surface area (Å²) >= 11 is 6.00. The van der Waals surface area contributed by atoms with Crippen molar-refractivity contribution in [2.75, 3.05) is 0 Å². The van der Waals surface area contributed by atoms with Crippen LogP contribution in [0.4, 0.5) is 0 Å². The van der Waals surface area contributed by atoms with E-state index in [-0.39, 0.29) is 0 Å². The van der Waals surface area contributed by atoms with E-state index in [0.29, 0.717) is 23.9 Å². The zero-order valence-corrected chi connectivity index (χ0v) is 10.0. The molecule has 0 amide bonds. The van der Waals surface area contributed by atoms with Crippen LogP contribution in [0.5, 0.6) is 5.75 Å². The zero-order valence-electron chi connectivity index (χ0n) is 9.27. The van der Waals surface area contributed by atoms with Crippen LogP contribution < -0.4 is 10.5 Å². The Labute approximate surface area is 105 Å². The van der Waals surface area contributed by atoms with Crippen LogP contribution in [0.25, 0.3) is 0 Å². The highest BCUT2D eigenvalue weighted by Crippen LogP contribution is 2.24. The van der Waals surface area contributed by atoms with Crippen molar-refractivity contribution < 1.29 is 4.74 Å². The molecule has 0 spiro atoms. The first-order valence-corrected chi connectivity index (χ1v) is 5.68. The predicted octanol–water partition coefficient (Wildman–Crippen LogP) is 2.77. The number of nitrogens with zero attached hydrogens (tertiary/aromatic N) is 1. The minimum atomic E-state index is 0.421. The molecule has 2 N–H and O–H groups in total. The summed E-state index contributed by atoms with van der Waals surface area (Å²) in [5.74, 6) is 0.668. The maximum atomic E-state index is 6.00. The molecule has 2 aromatic rings. The van der Waals surface area contributed by atoms with Crippen LogP contribution in [0.3, 0.4) is 0 Å². The molecule has 0 saturated heterocycles. The summed E-state index contributed by atoms with van der Waals surface area (Å²) in [6.45, 7) is 0.897. The topological polar surface area (TPSA) is 48.1 Å². The molecule has 0 aliphatic heterocycles. The van der Waals surface area contributed by atoms with Gasteiger partial charge in [0.15, 0.2) is 0 Å². The highest BCUT2D eigenvalue weighted by Gasteiger charge is 2.04. The molecule has 0 aliphatic rings. The third-order valence-corrected chi connectivity index (χ3v) is 2.76. The fraction of sp³-hybridized carbons (Fsp3) is 0.154. The smallest absolute Gasteiger partial charge is 0.138 e. The van der Waals surface area contributed by atoms with E-state index in [1.807, 2.05) is 24.3 Å². The second-order valence-corrected chi connectivity index (χ2v) is 3.97. The molecule has 1 aromatic heterocycles. The van der Waals surface area contributed by atoms with Crippen molar-refractivity contribution in [3.63, 3.8) is 0 Å². The van der Waals surface area contributed by atoms with Crippen LogP contribution in [0.15, 0.2) is 42.7 Å². The molecular weight excluding hydrogens is 236 g/mol. The van der Waals surface area contributed by atoms with Gasteiger partial charge in [-0.05, 0) is 23.8 Å². The summed E-state index contributed by atoms with van der Waals surface area (Å²) in [5.41, 5.74) is 7.66. The Balaban J connectivity index is 2.10. The van der Waals surface area contributed by atoms with Crippen LogP contribution in [0, 0.1) is 0 Å². The highest BCUT2D eigenvalue weighted by molar-refractivity contribution is 6.32. The Hall–Kier alpha value is -1.58. The van der Waals surface area contributed by atoms with E-state index < -0.39 is 0 Å². The van der Waals surface area contributed by atoms with Gasteiger partial charge in [-0.15, -0.1) is 0 Å². The van der Waals surface area contributed by atoms with Crippen molar-refractivity contribution in [3.8, 4) is 5.75 Å². The molecule has 17 heavy (non-hydrogen) atoms. The first-order chi connectivity index (χ1) is 8.31. The Morgan fingerprint density at radius 3 is 2.76 bits per heavy atom. The second kappa shape index (κ2) is 5.66. The molecule has 1 aromatic carbocycles. The highest BCUT2D eigenvalue weighted by atomic mass is 35.5. The molecule has 88 valence electrons. The summed E-state index contributed by atoms with van der Waals surface area (Å²) in [5, 5.41) is 0.602. The number of rotatable bonds is 4. The third-order valence-electron chi connectivity index (χ3n) is 2.44. The average molecular weight is 249 g/mol. The summed E-state index contributed by atoms with van der Waals surface area (Å²) in [6, 6.07) is 9.27. The van der Waals surface area contributed by atoms with E-state index in [9.17, 15) is 0 Å². The van der Waals surface area contributed by atoms with Gasteiger partial charge in [-0.1, -0.05) is 23.7 Å². The average Bonchev–Trinajstić information content (AvgIpc) is 2.38. The van der Waals surface area contributed by atoms with E-state index in [2.05, 4.69) is 4.98 Å². The maximum absolute atomic E-state index is 6.00. The Bertz CT molecular complexity index is 502. The lowest BCUT2D eigenvalue weighted by molar-refractivity contribution is 0.304. The third kappa shape index (κ3) is 2.96. The van der Waals surface area contributed by atoms with Gasteiger partial charge in [-0.2, -0.15) is 0 Å². The summed E-state index contributed by atoms with van der Waals surface area (Å²) in [7, 11) is 0. The van der Waals surface area contributed by atoms with Crippen LogP contribution in [-0.4, -0.2) is 4.98 Å². The molecule has 2 rings (SSSR count). The lowest BCUT2D eigenvalue weighted by Crippen LogP contribution is -2.05. The van der Waals surface area contributed by atoms with Crippen molar-refractivity contribution in [2.24, 2.45) is 5.73 Å². The molecule has 3 nitrogen and oxygen atoms in total. The van der Waals surface area contributed by atoms with Gasteiger partial charge in [0.2, 0.25) is 0 Å². The Morgan fingerprint density at radius 1 is 1.18 bits per heavy atom. The van der Waals surface area contributed by atoms with Gasteiger partial charge < -0.3 is 10.5 Å². The molecule has 0 aliphatic carbocycles. The number of pyridine rings is 1. The molecule has 0 bridgehead atoms. The van der Waals surface area contributed by atoms with Gasteiger partial charge >= 0.3 is 0 Å². The molecule has 1 heterocycles. The molecule has 4 heteroatoms. The first kappa shape index (κ1) is 11.9. The van der Waals surface area contributed by atoms with Crippen LogP contribution in [0.2, 0.25) is 5.02 Å². The van der Waals surface area contributed by atoms with E-state index in [1.165, 1.54) is 0 Å². The summed E-state index contributed by atoms with van der Waals surface area (Å²) < 4.78 is 5.64. The molecule has 0 unspecified atom stereocenters. The lowest BCUT2D eigenvalue weighted by Gasteiger charge is -2.10. The van der Waals surface area contributed by atoms with E-state index in [4.69, 9.17) is 22.1 Å². The van der Waals surface area contributed by atoms with E-state index in [0.717, 1.165) is 11.1 Å². The van der Waals surface area contributed by atoms with Crippen LogP contribution in [-0.2, 0) is 13.2 Å². The number of aromatic nitrogens is 1. The number of nitrogens with two attached hydrogens (primary N) is 1. The second-order valence-electron chi connectivity index (χ2n) is 3.57. The quantitative estimate of drug-likeness (QED) is 0.905. The minimum absolute atomic E-state index is 0.421. The lowest BCUT2D eigenvalue weighted by atomic mass is 10.1. The van der Waals surface area contributed by atoms with E-state index >= 15 is 0 Å². The van der Waals surface area contributed by atoms with Crippen LogP contribution >= 0.6 is 11.6 Å². The van der Waals surface area contributed by atoms with Gasteiger partial charge in [-0.3, -0.25) is 4.98 Å². The van der Waals surface area contributed by atoms with Crippen molar-refractivity contribution in [1.29, 1.82) is 0 Å². The number of para-hydroxylation sites is 1. The number of halogens is 1. The Kier molecular flexibility index (Phi) is 3.96. The van der Waals surface area contributed by atoms with Gasteiger partial charge in [0.25, 0.3) is 0 Å². The SMILES string of the molecule is NCc1ccncc1COc1ccccc1Cl. The molecule has 0 fully saturated rings. The van der Waals surface area contributed by atoms with Crippen molar-refractivity contribution in [1.82, 2.24) is 4.98 Å². The largest absolute Gasteiger partial charge is 0.487 e. The first-order valence-electron chi connectivity index (χ1n) is 5.30. The van der Waals surface area contributed by atoms with E-state index in [1.54, 1.807) is 18.5 Å². The minimum Gasteiger partial charge on any atom is -0.487 e. The fourth-order valence-electron chi connectivity index (χ4n) is 1.50.